The molecule has 1 aromatic carbocycles. The van der Waals surface area contributed by atoms with Gasteiger partial charge in [0.2, 0.25) is 0 Å². The Morgan fingerprint density at radius 3 is 2.33 bits per heavy atom. The van der Waals surface area contributed by atoms with E-state index in [0.717, 1.165) is 11.5 Å². The summed E-state index contributed by atoms with van der Waals surface area (Å²) in [5.74, 6) is 2.56. The SMILES string of the molecule is COc1ccc(OC)c(C(Br)C2(CC(C)C)CCCC2)c1. The zero-order valence-corrected chi connectivity index (χ0v) is 15.2. The summed E-state index contributed by atoms with van der Waals surface area (Å²) in [7, 11) is 3.46. The average Bonchev–Trinajstić information content (AvgIpc) is 2.94. The summed E-state index contributed by atoms with van der Waals surface area (Å²) >= 11 is 4.02. The van der Waals surface area contributed by atoms with Gasteiger partial charge in [-0.25, -0.2) is 0 Å². The quantitative estimate of drug-likeness (QED) is 0.605. The minimum absolute atomic E-state index is 0.319. The van der Waals surface area contributed by atoms with Crippen molar-refractivity contribution in [3.05, 3.63) is 23.8 Å². The van der Waals surface area contributed by atoms with Crippen LogP contribution in [0.15, 0.2) is 18.2 Å². The van der Waals surface area contributed by atoms with E-state index in [4.69, 9.17) is 9.47 Å². The molecule has 1 saturated carbocycles. The van der Waals surface area contributed by atoms with Gasteiger partial charge in [0.1, 0.15) is 11.5 Å². The molecule has 0 saturated heterocycles. The first-order chi connectivity index (χ1) is 10.0. The lowest BCUT2D eigenvalue weighted by molar-refractivity contribution is 0.227. The molecule has 21 heavy (non-hydrogen) atoms. The van der Waals surface area contributed by atoms with Crippen LogP contribution in [0, 0.1) is 11.3 Å². The Morgan fingerprint density at radius 2 is 1.81 bits per heavy atom. The molecule has 1 aliphatic rings. The molecule has 0 amide bonds. The monoisotopic (exact) mass is 354 g/mol. The summed E-state index contributed by atoms with van der Waals surface area (Å²) in [5, 5.41) is 0. The summed E-state index contributed by atoms with van der Waals surface area (Å²) in [4.78, 5) is 0.319. The highest BCUT2D eigenvalue weighted by atomic mass is 79.9. The first-order valence-corrected chi connectivity index (χ1v) is 8.80. The Hall–Kier alpha value is -0.700. The minimum Gasteiger partial charge on any atom is -0.497 e. The highest BCUT2D eigenvalue weighted by Crippen LogP contribution is 2.57. The summed E-state index contributed by atoms with van der Waals surface area (Å²) in [6, 6.07) is 6.10. The van der Waals surface area contributed by atoms with Crippen LogP contribution in [-0.2, 0) is 0 Å². The van der Waals surface area contributed by atoms with Gasteiger partial charge < -0.3 is 9.47 Å². The fourth-order valence-corrected chi connectivity index (χ4v) is 4.82. The lowest BCUT2D eigenvalue weighted by atomic mass is 9.74. The first kappa shape index (κ1) is 16.7. The maximum atomic E-state index is 5.59. The van der Waals surface area contributed by atoms with Gasteiger partial charge >= 0.3 is 0 Å². The van der Waals surface area contributed by atoms with Crippen LogP contribution in [0.1, 0.15) is 56.3 Å². The molecular weight excluding hydrogens is 328 g/mol. The van der Waals surface area contributed by atoms with E-state index in [1.807, 2.05) is 12.1 Å². The van der Waals surface area contributed by atoms with Gasteiger partial charge in [-0.05, 0) is 48.8 Å². The predicted molar refractivity (Wildman–Crippen MR) is 91.6 cm³/mol. The third kappa shape index (κ3) is 3.56. The van der Waals surface area contributed by atoms with Crippen LogP contribution in [0.3, 0.4) is 0 Å². The summed E-state index contributed by atoms with van der Waals surface area (Å²) < 4.78 is 11.0. The van der Waals surface area contributed by atoms with E-state index in [0.29, 0.717) is 16.2 Å². The Labute approximate surface area is 137 Å². The molecule has 118 valence electrons. The number of hydrogen-bond acceptors (Lipinski definition) is 2. The van der Waals surface area contributed by atoms with Gasteiger partial charge in [0.15, 0.2) is 0 Å². The van der Waals surface area contributed by atoms with E-state index < -0.39 is 0 Å². The van der Waals surface area contributed by atoms with Gasteiger partial charge in [-0.15, -0.1) is 0 Å². The molecule has 0 radical (unpaired) electrons. The van der Waals surface area contributed by atoms with E-state index in [1.165, 1.54) is 37.7 Å². The van der Waals surface area contributed by atoms with Crippen molar-refractivity contribution < 1.29 is 9.47 Å². The van der Waals surface area contributed by atoms with E-state index in [-0.39, 0.29) is 0 Å². The normalized spacial score (nSPS) is 18.8. The van der Waals surface area contributed by atoms with E-state index in [2.05, 4.69) is 35.8 Å². The Kier molecular flexibility index (Phi) is 5.59. The van der Waals surface area contributed by atoms with Crippen LogP contribution >= 0.6 is 15.9 Å². The van der Waals surface area contributed by atoms with Crippen molar-refractivity contribution in [2.24, 2.45) is 11.3 Å². The molecule has 0 N–H and O–H groups in total. The van der Waals surface area contributed by atoms with Crippen molar-refractivity contribution in [2.75, 3.05) is 14.2 Å². The fourth-order valence-electron chi connectivity index (χ4n) is 3.82. The summed E-state index contributed by atoms with van der Waals surface area (Å²) in [6.45, 7) is 4.64. The zero-order valence-electron chi connectivity index (χ0n) is 13.6. The molecule has 0 bridgehead atoms. The Bertz CT molecular complexity index is 464. The highest BCUT2D eigenvalue weighted by Gasteiger charge is 2.42. The topological polar surface area (TPSA) is 18.5 Å². The van der Waals surface area contributed by atoms with Gasteiger partial charge in [0.25, 0.3) is 0 Å². The van der Waals surface area contributed by atoms with Gasteiger partial charge in [0.05, 0.1) is 14.2 Å². The molecule has 1 atom stereocenters. The van der Waals surface area contributed by atoms with Crippen molar-refractivity contribution in [3.63, 3.8) is 0 Å². The molecule has 1 unspecified atom stereocenters. The van der Waals surface area contributed by atoms with Crippen molar-refractivity contribution in [3.8, 4) is 11.5 Å². The average molecular weight is 355 g/mol. The van der Waals surface area contributed by atoms with Crippen LogP contribution < -0.4 is 9.47 Å². The van der Waals surface area contributed by atoms with Crippen LogP contribution in [0.2, 0.25) is 0 Å². The lowest BCUT2D eigenvalue weighted by Gasteiger charge is -2.37. The molecule has 3 heteroatoms. The van der Waals surface area contributed by atoms with E-state index >= 15 is 0 Å². The van der Waals surface area contributed by atoms with Gasteiger partial charge in [-0.3, -0.25) is 0 Å². The zero-order chi connectivity index (χ0) is 15.5. The number of rotatable bonds is 6. The minimum atomic E-state index is 0.319. The molecule has 0 spiro atoms. The second-order valence-electron chi connectivity index (χ2n) is 6.64. The third-order valence-corrected chi connectivity index (χ3v) is 6.13. The van der Waals surface area contributed by atoms with Crippen LogP contribution in [0.4, 0.5) is 0 Å². The molecule has 1 aromatic rings. The maximum absolute atomic E-state index is 5.59. The first-order valence-electron chi connectivity index (χ1n) is 7.88. The number of benzene rings is 1. The Morgan fingerprint density at radius 1 is 1.14 bits per heavy atom. The molecule has 1 aliphatic carbocycles. The smallest absolute Gasteiger partial charge is 0.123 e. The van der Waals surface area contributed by atoms with Crippen molar-refractivity contribution in [1.82, 2.24) is 0 Å². The Balaban J connectivity index is 2.38. The second-order valence-corrected chi connectivity index (χ2v) is 7.55. The standard InChI is InChI=1S/C18H27BrO2/c1-13(2)12-18(9-5-6-10-18)17(19)15-11-14(20-3)7-8-16(15)21-4/h7-8,11,13,17H,5-6,9-10,12H2,1-4H3. The van der Waals surface area contributed by atoms with Crippen LogP contribution in [0.25, 0.3) is 0 Å². The number of methoxy groups -OCH3 is 2. The molecule has 2 rings (SSSR count). The van der Waals surface area contributed by atoms with Crippen LogP contribution in [0.5, 0.6) is 11.5 Å². The lowest BCUT2D eigenvalue weighted by Crippen LogP contribution is -2.24. The maximum Gasteiger partial charge on any atom is 0.123 e. The summed E-state index contributed by atoms with van der Waals surface area (Å²) in [6.07, 6.45) is 6.51. The largest absolute Gasteiger partial charge is 0.497 e. The van der Waals surface area contributed by atoms with Gasteiger partial charge in [-0.1, -0.05) is 42.6 Å². The second kappa shape index (κ2) is 7.04. The van der Waals surface area contributed by atoms with E-state index in [9.17, 15) is 0 Å². The number of halogens is 1. The number of hydrogen-bond donors (Lipinski definition) is 0. The predicted octanol–water partition coefficient (Wildman–Crippen LogP) is 5.75. The highest BCUT2D eigenvalue weighted by molar-refractivity contribution is 9.09. The van der Waals surface area contributed by atoms with Crippen molar-refractivity contribution >= 4 is 15.9 Å². The van der Waals surface area contributed by atoms with Crippen molar-refractivity contribution in [2.45, 2.75) is 50.8 Å². The van der Waals surface area contributed by atoms with Crippen molar-refractivity contribution in [1.29, 1.82) is 0 Å². The molecule has 2 nitrogen and oxygen atoms in total. The molecule has 0 aliphatic heterocycles. The van der Waals surface area contributed by atoms with E-state index in [1.54, 1.807) is 14.2 Å². The summed E-state index contributed by atoms with van der Waals surface area (Å²) in [5.41, 5.74) is 1.56. The molecule has 1 fully saturated rings. The molecule has 0 aromatic heterocycles. The van der Waals surface area contributed by atoms with Gasteiger partial charge in [0, 0.05) is 10.4 Å². The number of ether oxygens (including phenoxy) is 2. The third-order valence-electron chi connectivity index (χ3n) is 4.66. The van der Waals surface area contributed by atoms with Crippen LogP contribution in [-0.4, -0.2) is 14.2 Å². The molecular formula is C18H27BrO2. The molecule has 0 heterocycles. The fraction of sp³-hybridized carbons (Fsp3) is 0.667. The van der Waals surface area contributed by atoms with Gasteiger partial charge in [-0.2, -0.15) is 0 Å². The number of alkyl halides is 1.